The molecule has 0 radical (unpaired) electrons. The summed E-state index contributed by atoms with van der Waals surface area (Å²) in [5.41, 5.74) is 5.08. The molecular weight excluding hydrogens is 359 g/mol. The number of carbonyl (C=O) groups excluding carboxylic acids is 1. The van der Waals surface area contributed by atoms with Crippen LogP contribution in [0, 0.1) is 0 Å². The average Bonchev–Trinajstić information content (AvgIpc) is 2.94. The van der Waals surface area contributed by atoms with Crippen molar-refractivity contribution in [2.75, 3.05) is 6.61 Å². The first-order valence-electron chi connectivity index (χ1n) is 4.97. The van der Waals surface area contributed by atoms with Crippen molar-refractivity contribution in [2.45, 2.75) is 25.2 Å². The zero-order valence-corrected chi connectivity index (χ0v) is 11.8. The van der Waals surface area contributed by atoms with E-state index in [1.165, 1.54) is 20.2 Å². The molecule has 0 spiro atoms. The van der Waals surface area contributed by atoms with E-state index in [2.05, 4.69) is 31.3 Å². The third-order valence-electron chi connectivity index (χ3n) is 2.41. The summed E-state index contributed by atoms with van der Waals surface area (Å²) in [4.78, 5) is 14.7. The average molecular weight is 370 g/mol. The second-order valence-corrected chi connectivity index (χ2v) is 4.99. The Morgan fingerprint density at radius 3 is 3.24 bits per heavy atom. The van der Waals surface area contributed by atoms with Crippen LogP contribution in [0.15, 0.2) is 6.33 Å². The molecule has 0 bridgehead atoms. The Labute approximate surface area is 114 Å². The van der Waals surface area contributed by atoms with Crippen molar-refractivity contribution in [3.63, 3.8) is 0 Å². The number of nitrogens with zero attached hydrogens (tertiary/aromatic N) is 3. The second-order valence-electron chi connectivity index (χ2n) is 3.55. The van der Waals surface area contributed by atoms with Gasteiger partial charge >= 0.3 is 0 Å². The van der Waals surface area contributed by atoms with Gasteiger partial charge in [-0.25, -0.2) is 9.67 Å². The highest BCUT2D eigenvalue weighted by molar-refractivity contribution is 14.2. The van der Waals surface area contributed by atoms with E-state index >= 15 is 0 Å². The van der Waals surface area contributed by atoms with Crippen molar-refractivity contribution in [1.82, 2.24) is 14.8 Å². The minimum absolute atomic E-state index is 0.0103. The zero-order chi connectivity index (χ0) is 12.3. The van der Waals surface area contributed by atoms with Crippen molar-refractivity contribution < 1.29 is 13.7 Å². The monoisotopic (exact) mass is 370 g/mol. The molecule has 1 amide bonds. The lowest BCUT2D eigenvalue weighted by atomic mass is 10.2. The molecule has 2 rings (SSSR count). The number of carbonyl (C=O) groups is 1. The van der Waals surface area contributed by atoms with E-state index < -0.39 is 5.91 Å². The Bertz CT molecular complexity index is 402. The number of nitrogens with two attached hydrogens (primary N) is 1. The quantitative estimate of drug-likeness (QED) is 0.616. The molecular formula is C8H11IN4O3S. The zero-order valence-electron chi connectivity index (χ0n) is 8.78. The number of ether oxygens (including phenoxy) is 1. The standard InChI is InChI=1S/C8H11IN4O3S/c9-17-15-3-5-1-2-6(16-5)13-4-11-8(12-13)7(10)14/h4-6H,1-3H2,(H2,10,14). The minimum atomic E-state index is -0.636. The van der Waals surface area contributed by atoms with E-state index in [4.69, 9.17) is 14.7 Å². The second kappa shape index (κ2) is 5.98. The van der Waals surface area contributed by atoms with Crippen molar-refractivity contribution in [3.8, 4) is 0 Å². The predicted octanol–water partition coefficient (Wildman–Crippen LogP) is 1.07. The van der Waals surface area contributed by atoms with Gasteiger partial charge in [-0.05, 0) is 12.8 Å². The van der Waals surface area contributed by atoms with Crippen LogP contribution in [0.4, 0.5) is 0 Å². The first-order chi connectivity index (χ1) is 8.20. The van der Waals surface area contributed by atoms with Crippen LogP contribution >= 0.6 is 30.4 Å². The fraction of sp³-hybridized carbons (Fsp3) is 0.625. The fourth-order valence-corrected chi connectivity index (χ4v) is 2.28. The van der Waals surface area contributed by atoms with E-state index in [0.29, 0.717) is 6.61 Å². The molecule has 2 heterocycles. The predicted molar refractivity (Wildman–Crippen MR) is 69.2 cm³/mol. The summed E-state index contributed by atoms with van der Waals surface area (Å²) in [6.07, 6.45) is 3.04. The maximum atomic E-state index is 10.9. The smallest absolute Gasteiger partial charge is 0.288 e. The van der Waals surface area contributed by atoms with Gasteiger partial charge in [-0.2, -0.15) is 0 Å². The van der Waals surface area contributed by atoms with Crippen LogP contribution in [0.25, 0.3) is 0 Å². The maximum Gasteiger partial charge on any atom is 0.288 e. The summed E-state index contributed by atoms with van der Waals surface area (Å²) in [7, 11) is 1.29. The van der Waals surface area contributed by atoms with Crippen LogP contribution in [0.1, 0.15) is 29.7 Å². The number of aromatic nitrogens is 3. The van der Waals surface area contributed by atoms with Crippen LogP contribution in [0.3, 0.4) is 0 Å². The molecule has 1 aliphatic rings. The van der Waals surface area contributed by atoms with Crippen LogP contribution in [-0.4, -0.2) is 33.4 Å². The van der Waals surface area contributed by atoms with Gasteiger partial charge < -0.3 is 14.7 Å². The number of rotatable bonds is 5. The molecule has 0 aromatic carbocycles. The van der Waals surface area contributed by atoms with Crippen molar-refractivity contribution in [1.29, 1.82) is 0 Å². The first kappa shape index (κ1) is 13.1. The van der Waals surface area contributed by atoms with E-state index in [1.807, 2.05) is 0 Å². The van der Waals surface area contributed by atoms with Gasteiger partial charge in [0.05, 0.1) is 21.9 Å². The van der Waals surface area contributed by atoms with Gasteiger partial charge in [-0.15, -0.1) is 5.10 Å². The van der Waals surface area contributed by atoms with Crippen LogP contribution in [0.2, 0.25) is 0 Å². The lowest BCUT2D eigenvalue weighted by Crippen LogP contribution is -2.17. The molecule has 7 nitrogen and oxygen atoms in total. The third kappa shape index (κ3) is 3.30. The molecule has 9 heteroatoms. The highest BCUT2D eigenvalue weighted by atomic mass is 127. The topological polar surface area (TPSA) is 92.3 Å². The van der Waals surface area contributed by atoms with Crippen LogP contribution in [0.5, 0.6) is 0 Å². The van der Waals surface area contributed by atoms with Crippen molar-refractivity contribution >= 4 is 36.3 Å². The molecule has 1 aliphatic heterocycles. The van der Waals surface area contributed by atoms with Crippen LogP contribution < -0.4 is 5.73 Å². The number of primary amides is 1. The summed E-state index contributed by atoms with van der Waals surface area (Å²) in [6.45, 7) is 0.543. The van der Waals surface area contributed by atoms with E-state index in [0.717, 1.165) is 12.8 Å². The van der Waals surface area contributed by atoms with Gasteiger partial charge in [0.25, 0.3) is 5.91 Å². The lowest BCUT2D eigenvalue weighted by Gasteiger charge is -2.12. The Morgan fingerprint density at radius 2 is 2.59 bits per heavy atom. The van der Waals surface area contributed by atoms with E-state index in [9.17, 15) is 4.79 Å². The molecule has 2 N–H and O–H groups in total. The number of halogens is 1. The molecule has 17 heavy (non-hydrogen) atoms. The highest BCUT2D eigenvalue weighted by Crippen LogP contribution is 2.28. The number of hydrogen-bond donors (Lipinski definition) is 1. The number of hydrogen-bond acceptors (Lipinski definition) is 6. The van der Waals surface area contributed by atoms with E-state index in [1.54, 1.807) is 0 Å². The van der Waals surface area contributed by atoms with Gasteiger partial charge in [0.15, 0.2) is 6.23 Å². The molecule has 94 valence electrons. The Balaban J connectivity index is 1.93. The van der Waals surface area contributed by atoms with Gasteiger partial charge in [0.1, 0.15) is 6.33 Å². The molecule has 1 aromatic rings. The summed E-state index contributed by atoms with van der Waals surface area (Å²) in [5.74, 6) is -0.626. The van der Waals surface area contributed by atoms with Crippen molar-refractivity contribution in [2.24, 2.45) is 5.73 Å². The van der Waals surface area contributed by atoms with Gasteiger partial charge in [-0.1, -0.05) is 0 Å². The summed E-state index contributed by atoms with van der Waals surface area (Å²) < 4.78 is 12.4. The minimum Gasteiger partial charge on any atom is -0.363 e. The maximum absolute atomic E-state index is 10.9. The van der Waals surface area contributed by atoms with E-state index in [-0.39, 0.29) is 18.2 Å². The molecule has 0 saturated carbocycles. The number of amides is 1. The summed E-state index contributed by atoms with van der Waals surface area (Å²) >= 11 is 2.06. The molecule has 0 aliphatic carbocycles. The van der Waals surface area contributed by atoms with Gasteiger partial charge in [0, 0.05) is 21.2 Å². The van der Waals surface area contributed by atoms with Crippen LogP contribution in [-0.2, 0) is 8.92 Å². The summed E-state index contributed by atoms with van der Waals surface area (Å²) in [5, 5.41) is 3.97. The molecule has 2 atom stereocenters. The van der Waals surface area contributed by atoms with Gasteiger partial charge in [0.2, 0.25) is 5.82 Å². The largest absolute Gasteiger partial charge is 0.363 e. The third-order valence-corrected chi connectivity index (χ3v) is 3.40. The molecule has 1 saturated heterocycles. The SMILES string of the molecule is NC(=O)c1ncn(C2CCC(COSI)O2)n1. The first-order valence-corrected chi connectivity index (χ1v) is 8.25. The van der Waals surface area contributed by atoms with Crippen molar-refractivity contribution in [3.05, 3.63) is 12.2 Å². The van der Waals surface area contributed by atoms with Gasteiger partial charge in [-0.3, -0.25) is 4.79 Å². The molecule has 1 fully saturated rings. The Kier molecular flexibility index (Phi) is 4.59. The lowest BCUT2D eigenvalue weighted by molar-refractivity contribution is -0.0208. The summed E-state index contributed by atoms with van der Waals surface area (Å²) in [6, 6.07) is 0. The highest BCUT2D eigenvalue weighted by Gasteiger charge is 2.28. The Morgan fingerprint density at radius 1 is 1.76 bits per heavy atom. The Hall–Kier alpha value is -0.390. The fourth-order valence-electron chi connectivity index (χ4n) is 1.63. The molecule has 2 unspecified atom stereocenters. The molecule has 1 aromatic heterocycles. The normalized spacial score (nSPS) is 24.1.